The Hall–Kier alpha value is -1.59. The maximum absolute atomic E-state index is 12.9. The van der Waals surface area contributed by atoms with Crippen LogP contribution in [0.4, 0.5) is 0 Å². The number of hydrogen-bond donors (Lipinski definition) is 1. The second-order valence-corrected chi connectivity index (χ2v) is 6.53. The van der Waals surface area contributed by atoms with Crippen LogP contribution >= 0.6 is 0 Å². The van der Waals surface area contributed by atoms with Gasteiger partial charge >= 0.3 is 0 Å². The van der Waals surface area contributed by atoms with Crippen molar-refractivity contribution in [2.45, 2.75) is 48.8 Å². The summed E-state index contributed by atoms with van der Waals surface area (Å²) in [6, 6.07) is -3.82. The zero-order valence-corrected chi connectivity index (χ0v) is 12.5. The summed E-state index contributed by atoms with van der Waals surface area (Å²) in [7, 11) is 1.26. The Morgan fingerprint density at radius 1 is 1.61 bits per heavy atom. The van der Waals surface area contributed by atoms with Crippen molar-refractivity contribution < 1.29 is 30.3 Å². The number of rotatable bonds is 1. The number of nitrogens with zero attached hydrogens (tertiary/aromatic N) is 1. The number of carbonyl (C=O) groups is 1. The molecule has 2 fully saturated rings. The van der Waals surface area contributed by atoms with E-state index in [9.17, 15) is 11.3 Å². The van der Waals surface area contributed by atoms with Crippen LogP contribution in [0.15, 0.2) is 12.1 Å². The molecule has 2 bridgehead atoms. The normalized spacial score (nSPS) is 51.6. The van der Waals surface area contributed by atoms with Gasteiger partial charge in [0, 0.05) is 24.9 Å². The first-order chi connectivity index (χ1) is 14.2. The first kappa shape index (κ1) is 7.99. The average Bonchev–Trinajstić information content (AvgIpc) is 2.99. The van der Waals surface area contributed by atoms with Crippen LogP contribution in [0.3, 0.4) is 0 Å². The molecule has 0 aromatic heterocycles. The molecular formula is C18H21NO4. The molecule has 122 valence electrons. The molecule has 4 aliphatic rings. The molecule has 2 aliphatic carbocycles. The summed E-state index contributed by atoms with van der Waals surface area (Å²) >= 11 is 0. The summed E-state index contributed by atoms with van der Waals surface area (Å²) in [5.74, 6) is -0.585. The Balaban J connectivity index is 1.99. The molecule has 5 nitrogen and oxygen atoms in total. The van der Waals surface area contributed by atoms with Crippen molar-refractivity contribution in [3.63, 3.8) is 0 Å². The van der Waals surface area contributed by atoms with Crippen LogP contribution in [0, 0.1) is 0 Å². The number of likely N-dealkylation sites (tertiary alicyclic amines) is 1. The van der Waals surface area contributed by atoms with Crippen molar-refractivity contribution >= 4 is 5.78 Å². The summed E-state index contributed by atoms with van der Waals surface area (Å²) in [6.45, 7) is -3.20. The smallest absolute Gasteiger partial charge is 0.174 e. The number of ketones is 1. The van der Waals surface area contributed by atoms with Gasteiger partial charge in [-0.15, -0.1) is 0 Å². The lowest BCUT2D eigenvalue weighted by molar-refractivity contribution is -0.185. The van der Waals surface area contributed by atoms with Gasteiger partial charge in [-0.3, -0.25) is 4.79 Å². The number of aliphatic hydroxyl groups is 1. The summed E-state index contributed by atoms with van der Waals surface area (Å²) in [5.41, 5.74) is -4.24. The Morgan fingerprint density at radius 2 is 2.48 bits per heavy atom. The van der Waals surface area contributed by atoms with Gasteiger partial charge in [-0.1, -0.05) is 6.04 Å². The van der Waals surface area contributed by atoms with Crippen LogP contribution in [-0.4, -0.2) is 54.1 Å². The summed E-state index contributed by atoms with van der Waals surface area (Å²) in [4.78, 5) is 13.6. The molecule has 5 heteroatoms. The highest BCUT2D eigenvalue weighted by Crippen LogP contribution is 2.64. The largest absolute Gasteiger partial charge is 0.493 e. The number of methoxy groups -OCH3 is 1. The molecule has 1 N–H and O–H groups in total. The predicted molar refractivity (Wildman–Crippen MR) is 83.0 cm³/mol. The molecule has 23 heavy (non-hydrogen) atoms. The van der Waals surface area contributed by atoms with Gasteiger partial charge in [0.05, 0.1) is 22.2 Å². The Morgan fingerprint density at radius 3 is 3.26 bits per heavy atom. The SMILES string of the molecule is [2H]c1c([2H])c2c3c(c1OC)OC1C(=O)CC[C@]4(O)[C@@]31CCN(C([2H])([2H])[2H])[C@]4([2H])C2([2H])[2H]. The van der Waals surface area contributed by atoms with E-state index in [0.717, 1.165) is 0 Å². The van der Waals surface area contributed by atoms with E-state index in [1.165, 1.54) is 7.11 Å². The highest BCUT2D eigenvalue weighted by molar-refractivity contribution is 5.90. The van der Waals surface area contributed by atoms with Crippen LogP contribution < -0.4 is 9.47 Å². The van der Waals surface area contributed by atoms with Gasteiger partial charge in [0.25, 0.3) is 0 Å². The van der Waals surface area contributed by atoms with E-state index < -0.39 is 48.6 Å². The van der Waals surface area contributed by atoms with Crippen molar-refractivity contribution in [2.75, 3.05) is 20.6 Å². The first-order valence-corrected chi connectivity index (χ1v) is 7.63. The fourth-order valence-electron chi connectivity index (χ4n) is 4.72. The Bertz CT molecular complexity index is 1040. The fraction of sp³-hybridized carbons (Fsp3) is 0.611. The third-order valence-electron chi connectivity index (χ3n) is 5.72. The molecule has 2 heterocycles. The monoisotopic (exact) mass is 323 g/mol. The van der Waals surface area contributed by atoms with E-state index in [4.69, 9.17) is 19.1 Å². The third kappa shape index (κ3) is 1.32. The predicted octanol–water partition coefficient (Wildman–Crippen LogP) is 1.05. The van der Waals surface area contributed by atoms with Crippen LogP contribution in [0.5, 0.6) is 11.5 Å². The van der Waals surface area contributed by atoms with Gasteiger partial charge in [-0.05, 0) is 44.3 Å². The van der Waals surface area contributed by atoms with Crippen LogP contribution in [0.1, 0.15) is 41.4 Å². The molecule has 1 aromatic carbocycles. The average molecular weight is 323 g/mol. The van der Waals surface area contributed by atoms with Crippen LogP contribution in [-0.2, 0) is 16.6 Å². The lowest BCUT2D eigenvalue weighted by Crippen LogP contribution is -2.76. The molecule has 5 rings (SSSR count). The molecule has 2 aliphatic heterocycles. The highest BCUT2D eigenvalue weighted by atomic mass is 16.5. The van der Waals surface area contributed by atoms with Crippen molar-refractivity contribution in [1.82, 2.24) is 4.90 Å². The highest BCUT2D eigenvalue weighted by Gasteiger charge is 2.72. The second-order valence-electron chi connectivity index (χ2n) is 6.53. The van der Waals surface area contributed by atoms with Crippen molar-refractivity contribution in [3.8, 4) is 11.5 Å². The van der Waals surface area contributed by atoms with Crippen molar-refractivity contribution in [1.29, 1.82) is 0 Å². The molecule has 4 atom stereocenters. The zero-order chi connectivity index (χ0) is 22.9. The number of likely N-dealkylation sites (N-methyl/N-ethyl adjacent to an activating group) is 1. The van der Waals surface area contributed by atoms with Gasteiger partial charge in [0.15, 0.2) is 23.4 Å². The van der Waals surface area contributed by atoms with Crippen molar-refractivity contribution in [3.05, 3.63) is 23.2 Å². The van der Waals surface area contributed by atoms with E-state index >= 15 is 0 Å². The second kappa shape index (κ2) is 4.08. The van der Waals surface area contributed by atoms with E-state index in [2.05, 4.69) is 0 Å². The fourth-order valence-corrected chi connectivity index (χ4v) is 4.72. The number of hydrogen-bond acceptors (Lipinski definition) is 5. The summed E-state index contributed by atoms with van der Waals surface area (Å²) in [5, 5.41) is 12.1. The first-order valence-electron chi connectivity index (χ1n) is 11.6. The number of benzene rings is 1. The van der Waals surface area contributed by atoms with E-state index in [1.54, 1.807) is 0 Å². The zero-order valence-electron chi connectivity index (χ0n) is 20.5. The van der Waals surface area contributed by atoms with E-state index in [0.29, 0.717) is 4.90 Å². The van der Waals surface area contributed by atoms with Gasteiger partial charge in [-0.25, -0.2) is 0 Å². The summed E-state index contributed by atoms with van der Waals surface area (Å²) in [6.07, 6.45) is -4.79. The molecule has 1 aromatic rings. The molecule has 0 radical (unpaired) electrons. The van der Waals surface area contributed by atoms with Gasteiger partial charge in [0.2, 0.25) is 0 Å². The maximum atomic E-state index is 12.9. The van der Waals surface area contributed by atoms with E-state index in [1.807, 2.05) is 0 Å². The maximum Gasteiger partial charge on any atom is 0.174 e. The minimum absolute atomic E-state index is 0.0592. The number of ether oxygens (including phenoxy) is 2. The quantitative estimate of drug-likeness (QED) is 0.837. The van der Waals surface area contributed by atoms with Gasteiger partial charge < -0.3 is 19.5 Å². The molecule has 1 unspecified atom stereocenters. The minimum Gasteiger partial charge on any atom is -0.493 e. The van der Waals surface area contributed by atoms with Crippen LogP contribution in [0.25, 0.3) is 0 Å². The number of Topliss-reactive ketones (excluding diaryl/α,β-unsaturated/α-hetero) is 1. The lowest BCUT2D eigenvalue weighted by Gasteiger charge is -2.62. The third-order valence-corrected chi connectivity index (χ3v) is 5.72. The molecule has 1 spiro atoms. The topological polar surface area (TPSA) is 59.0 Å². The summed E-state index contributed by atoms with van der Waals surface area (Å²) < 4.78 is 79.0. The van der Waals surface area contributed by atoms with Crippen molar-refractivity contribution in [2.24, 2.45) is 0 Å². The standard InChI is InChI=1S/C18H21NO4/c1-19-8-7-17-14-10-3-4-12(22-2)15(14)23-16(17)11(20)5-6-18(17,21)13(19)9-10/h3-4,13,16,21H,5-9H2,1-2H3/t13-,16?,17+,18-/m1/s1/i1D3,3D,4D,9D2,13D. The number of carbonyl (C=O) groups excluding carboxylic acids is 1. The Kier molecular flexibility index (Phi) is 1.42. The Labute approximate surface area is 146 Å². The van der Waals surface area contributed by atoms with Crippen LogP contribution in [0.2, 0.25) is 0 Å². The minimum atomic E-state index is -2.92. The molecule has 1 saturated carbocycles. The molecule has 0 amide bonds. The lowest BCUT2D eigenvalue weighted by atomic mass is 9.49. The van der Waals surface area contributed by atoms with Gasteiger partial charge in [-0.2, -0.15) is 0 Å². The molecular weight excluding hydrogens is 294 g/mol. The van der Waals surface area contributed by atoms with Gasteiger partial charge in [0.1, 0.15) is 0 Å². The van der Waals surface area contributed by atoms with E-state index in [-0.39, 0.29) is 54.2 Å². The number of piperidine rings is 1. The molecule has 1 saturated heterocycles.